The molecule has 1 aromatic heterocycles. The molecule has 5 nitrogen and oxygen atoms in total. The van der Waals surface area contributed by atoms with Crippen LogP contribution in [0.1, 0.15) is 12.0 Å². The number of carbonyl (C=O) groups excluding carboxylic acids is 1. The van der Waals surface area contributed by atoms with Crippen LogP contribution in [0.4, 0.5) is 5.13 Å². The Hall–Kier alpha value is -2.86. The molecule has 0 aliphatic carbocycles. The molecule has 0 aliphatic rings. The van der Waals surface area contributed by atoms with Crippen LogP contribution in [0.3, 0.4) is 0 Å². The third-order valence-electron chi connectivity index (χ3n) is 3.91. The number of hydrogen-bond acceptors (Lipinski definition) is 5. The first kappa shape index (κ1) is 17.9. The van der Waals surface area contributed by atoms with Gasteiger partial charge >= 0.3 is 0 Å². The molecule has 26 heavy (non-hydrogen) atoms. The summed E-state index contributed by atoms with van der Waals surface area (Å²) < 4.78 is 10.6. The number of anilines is 1. The van der Waals surface area contributed by atoms with Gasteiger partial charge in [0.2, 0.25) is 5.91 Å². The Morgan fingerprint density at radius 1 is 1.08 bits per heavy atom. The average molecular weight is 368 g/mol. The van der Waals surface area contributed by atoms with Crippen LogP contribution in [0.15, 0.2) is 53.9 Å². The molecule has 0 bridgehead atoms. The molecule has 0 unspecified atom stereocenters. The van der Waals surface area contributed by atoms with E-state index in [1.54, 1.807) is 14.2 Å². The van der Waals surface area contributed by atoms with Crippen LogP contribution in [0.25, 0.3) is 11.3 Å². The van der Waals surface area contributed by atoms with E-state index >= 15 is 0 Å². The normalized spacial score (nSPS) is 10.4. The first-order valence-corrected chi connectivity index (χ1v) is 9.09. The summed E-state index contributed by atoms with van der Waals surface area (Å²) in [6.07, 6.45) is 1.13. The molecule has 0 atom stereocenters. The molecular weight excluding hydrogens is 348 g/mol. The van der Waals surface area contributed by atoms with Crippen LogP contribution < -0.4 is 14.8 Å². The third kappa shape index (κ3) is 4.40. The summed E-state index contributed by atoms with van der Waals surface area (Å²) in [4.78, 5) is 16.6. The maximum absolute atomic E-state index is 12.1. The summed E-state index contributed by atoms with van der Waals surface area (Å²) in [6, 6.07) is 15.6. The minimum atomic E-state index is -0.0398. The van der Waals surface area contributed by atoms with Crippen LogP contribution in [-0.4, -0.2) is 25.1 Å². The lowest BCUT2D eigenvalue weighted by Gasteiger charge is -2.08. The zero-order chi connectivity index (χ0) is 18.4. The van der Waals surface area contributed by atoms with Gasteiger partial charge in [0.05, 0.1) is 19.9 Å². The highest BCUT2D eigenvalue weighted by molar-refractivity contribution is 7.14. The van der Waals surface area contributed by atoms with Gasteiger partial charge in [-0.05, 0) is 30.2 Å². The van der Waals surface area contributed by atoms with E-state index in [0.717, 1.165) is 16.8 Å². The van der Waals surface area contributed by atoms with Crippen LogP contribution in [0.2, 0.25) is 0 Å². The number of ether oxygens (including phenoxy) is 2. The highest BCUT2D eigenvalue weighted by Gasteiger charge is 2.11. The second-order valence-electron chi connectivity index (χ2n) is 5.64. The highest BCUT2D eigenvalue weighted by atomic mass is 32.1. The summed E-state index contributed by atoms with van der Waals surface area (Å²) in [7, 11) is 3.20. The van der Waals surface area contributed by atoms with E-state index in [2.05, 4.69) is 10.3 Å². The van der Waals surface area contributed by atoms with Gasteiger partial charge in [0.25, 0.3) is 0 Å². The van der Waals surface area contributed by atoms with Crippen LogP contribution in [0, 0.1) is 0 Å². The van der Waals surface area contributed by atoms with Crippen molar-refractivity contribution in [3.8, 4) is 22.8 Å². The van der Waals surface area contributed by atoms with Gasteiger partial charge in [0.1, 0.15) is 0 Å². The third-order valence-corrected chi connectivity index (χ3v) is 4.67. The van der Waals surface area contributed by atoms with Gasteiger partial charge in [-0.3, -0.25) is 4.79 Å². The number of rotatable bonds is 7. The molecule has 134 valence electrons. The van der Waals surface area contributed by atoms with E-state index in [9.17, 15) is 4.79 Å². The molecule has 1 N–H and O–H groups in total. The van der Waals surface area contributed by atoms with Crippen LogP contribution in [-0.2, 0) is 11.2 Å². The minimum absolute atomic E-state index is 0.0398. The zero-order valence-electron chi connectivity index (χ0n) is 14.7. The van der Waals surface area contributed by atoms with E-state index in [0.29, 0.717) is 29.5 Å². The van der Waals surface area contributed by atoms with Gasteiger partial charge < -0.3 is 14.8 Å². The fourth-order valence-corrected chi connectivity index (χ4v) is 3.28. The highest BCUT2D eigenvalue weighted by Crippen LogP contribution is 2.33. The number of aryl methyl sites for hydroxylation is 1. The fourth-order valence-electron chi connectivity index (χ4n) is 2.54. The quantitative estimate of drug-likeness (QED) is 0.671. The van der Waals surface area contributed by atoms with E-state index < -0.39 is 0 Å². The minimum Gasteiger partial charge on any atom is -0.493 e. The van der Waals surface area contributed by atoms with Crippen molar-refractivity contribution >= 4 is 22.4 Å². The Morgan fingerprint density at radius 2 is 1.85 bits per heavy atom. The van der Waals surface area contributed by atoms with E-state index in [1.165, 1.54) is 11.3 Å². The number of nitrogens with one attached hydrogen (secondary N) is 1. The Labute approximate surface area is 156 Å². The molecule has 2 aromatic carbocycles. The van der Waals surface area contributed by atoms with Gasteiger partial charge in [-0.2, -0.15) is 0 Å². The SMILES string of the molecule is COc1ccc(-c2csc(NC(=O)CCc3ccccc3)n2)cc1OC. The van der Waals surface area contributed by atoms with Gasteiger partial charge in [-0.25, -0.2) is 4.98 Å². The summed E-state index contributed by atoms with van der Waals surface area (Å²) in [5, 5.41) is 5.37. The number of carbonyl (C=O) groups is 1. The van der Waals surface area contributed by atoms with Crippen molar-refractivity contribution in [1.82, 2.24) is 4.98 Å². The predicted octanol–water partition coefficient (Wildman–Crippen LogP) is 4.40. The first-order chi connectivity index (χ1) is 12.7. The Morgan fingerprint density at radius 3 is 2.58 bits per heavy atom. The summed E-state index contributed by atoms with van der Waals surface area (Å²) in [5.74, 6) is 1.27. The standard InChI is InChI=1S/C20H20N2O3S/c1-24-17-10-9-15(12-18(17)25-2)16-13-26-20(21-16)22-19(23)11-8-14-6-4-3-5-7-14/h3-7,9-10,12-13H,8,11H2,1-2H3,(H,21,22,23). The number of amides is 1. The van der Waals surface area contributed by atoms with Crippen molar-refractivity contribution in [2.45, 2.75) is 12.8 Å². The lowest BCUT2D eigenvalue weighted by Crippen LogP contribution is -2.12. The molecule has 1 heterocycles. The summed E-state index contributed by atoms with van der Waals surface area (Å²) >= 11 is 1.40. The number of hydrogen-bond donors (Lipinski definition) is 1. The van der Waals surface area contributed by atoms with Crippen molar-refractivity contribution in [1.29, 1.82) is 0 Å². The molecule has 0 radical (unpaired) electrons. The van der Waals surface area contributed by atoms with E-state index in [1.807, 2.05) is 53.9 Å². The second-order valence-corrected chi connectivity index (χ2v) is 6.50. The molecular formula is C20H20N2O3S. The monoisotopic (exact) mass is 368 g/mol. The molecule has 0 saturated carbocycles. The van der Waals surface area contributed by atoms with Gasteiger partial charge in [0.15, 0.2) is 16.6 Å². The fraction of sp³-hybridized carbons (Fsp3) is 0.200. The average Bonchev–Trinajstić information content (AvgIpc) is 3.15. The Bertz CT molecular complexity index is 878. The van der Waals surface area contributed by atoms with Crippen molar-refractivity contribution in [2.24, 2.45) is 0 Å². The number of aromatic nitrogens is 1. The number of nitrogens with zero attached hydrogens (tertiary/aromatic N) is 1. The van der Waals surface area contributed by atoms with Crippen molar-refractivity contribution in [3.05, 3.63) is 59.5 Å². The Kier molecular flexibility index (Phi) is 5.86. The van der Waals surface area contributed by atoms with Crippen molar-refractivity contribution in [3.63, 3.8) is 0 Å². The number of methoxy groups -OCH3 is 2. The lowest BCUT2D eigenvalue weighted by atomic mass is 10.1. The number of benzene rings is 2. The second kappa shape index (κ2) is 8.49. The first-order valence-electron chi connectivity index (χ1n) is 8.21. The maximum Gasteiger partial charge on any atom is 0.226 e. The van der Waals surface area contributed by atoms with Gasteiger partial charge in [-0.15, -0.1) is 11.3 Å². The van der Waals surface area contributed by atoms with Gasteiger partial charge in [0, 0.05) is 17.4 Å². The van der Waals surface area contributed by atoms with E-state index in [-0.39, 0.29) is 5.91 Å². The van der Waals surface area contributed by atoms with Crippen molar-refractivity contribution in [2.75, 3.05) is 19.5 Å². The van der Waals surface area contributed by atoms with Crippen LogP contribution in [0.5, 0.6) is 11.5 Å². The summed E-state index contributed by atoms with van der Waals surface area (Å²) in [6.45, 7) is 0. The maximum atomic E-state index is 12.1. The Balaban J connectivity index is 1.63. The van der Waals surface area contributed by atoms with Crippen LogP contribution >= 0.6 is 11.3 Å². The lowest BCUT2D eigenvalue weighted by molar-refractivity contribution is -0.116. The topological polar surface area (TPSA) is 60.5 Å². The van der Waals surface area contributed by atoms with E-state index in [4.69, 9.17) is 9.47 Å². The molecule has 3 rings (SSSR count). The summed E-state index contributed by atoms with van der Waals surface area (Å²) in [5.41, 5.74) is 2.84. The smallest absolute Gasteiger partial charge is 0.226 e. The predicted molar refractivity (Wildman–Crippen MR) is 104 cm³/mol. The molecule has 0 saturated heterocycles. The molecule has 0 fully saturated rings. The molecule has 0 spiro atoms. The molecule has 0 aliphatic heterocycles. The van der Waals surface area contributed by atoms with Gasteiger partial charge in [-0.1, -0.05) is 30.3 Å². The zero-order valence-corrected chi connectivity index (χ0v) is 15.5. The van der Waals surface area contributed by atoms with Crippen molar-refractivity contribution < 1.29 is 14.3 Å². The largest absolute Gasteiger partial charge is 0.493 e. The molecule has 6 heteroatoms. The molecule has 3 aromatic rings. The molecule has 1 amide bonds. The number of thiazole rings is 1.